The normalized spacial score (nSPS) is 12.3. The molecule has 0 amide bonds. The Morgan fingerprint density at radius 1 is 1.00 bits per heavy atom. The molecule has 100 valence electrons. The molecule has 2 N–H and O–H groups in total. The predicted molar refractivity (Wildman–Crippen MR) is 77.7 cm³/mol. The van der Waals surface area contributed by atoms with Crippen LogP contribution in [0.4, 0.5) is 0 Å². The zero-order chi connectivity index (χ0) is 13.8. The molecule has 2 aromatic carbocycles. The van der Waals surface area contributed by atoms with Crippen LogP contribution < -0.4 is 0 Å². The van der Waals surface area contributed by atoms with Gasteiger partial charge in [0.05, 0.1) is 0 Å². The van der Waals surface area contributed by atoms with Crippen LogP contribution in [-0.2, 0) is 6.42 Å². The minimum Gasteiger partial charge on any atom is -0.508 e. The number of aromatic hydroxyl groups is 2. The molecule has 0 aliphatic rings. The van der Waals surface area contributed by atoms with Gasteiger partial charge in [0.15, 0.2) is 0 Å². The summed E-state index contributed by atoms with van der Waals surface area (Å²) < 4.78 is 0. The molecule has 0 aliphatic carbocycles. The van der Waals surface area contributed by atoms with E-state index in [1.54, 1.807) is 6.07 Å². The van der Waals surface area contributed by atoms with Gasteiger partial charge in [-0.1, -0.05) is 38.1 Å². The molecule has 1 unspecified atom stereocenters. The Labute approximate surface area is 114 Å². The molecular formula is C17H20O2. The molecular weight excluding hydrogens is 236 g/mol. The van der Waals surface area contributed by atoms with Gasteiger partial charge in [-0.25, -0.2) is 0 Å². The molecule has 0 radical (unpaired) electrons. The van der Waals surface area contributed by atoms with E-state index in [2.05, 4.69) is 38.1 Å². The number of phenolic OH excluding ortho intramolecular Hbond substituents is 2. The average Bonchev–Trinajstić information content (AvgIpc) is 2.43. The maximum absolute atomic E-state index is 9.77. The first kappa shape index (κ1) is 13.5. The van der Waals surface area contributed by atoms with Gasteiger partial charge in [0.1, 0.15) is 11.5 Å². The molecule has 0 saturated carbocycles. The molecule has 0 bridgehead atoms. The molecule has 0 aliphatic heterocycles. The van der Waals surface area contributed by atoms with Crippen LogP contribution in [0.15, 0.2) is 42.5 Å². The molecule has 2 nitrogen and oxygen atoms in total. The van der Waals surface area contributed by atoms with E-state index in [9.17, 15) is 10.2 Å². The summed E-state index contributed by atoms with van der Waals surface area (Å²) in [6, 6.07) is 13.1. The van der Waals surface area contributed by atoms with E-state index in [-0.39, 0.29) is 11.5 Å². The topological polar surface area (TPSA) is 40.5 Å². The van der Waals surface area contributed by atoms with E-state index in [4.69, 9.17) is 0 Å². The number of hydrogen-bond acceptors (Lipinski definition) is 2. The number of benzene rings is 2. The summed E-state index contributed by atoms with van der Waals surface area (Å²) in [5.41, 5.74) is 3.22. The van der Waals surface area contributed by atoms with E-state index in [0.717, 1.165) is 17.5 Å². The molecule has 1 atom stereocenters. The second-order valence-electron chi connectivity index (χ2n) is 5.04. The molecule has 19 heavy (non-hydrogen) atoms. The van der Waals surface area contributed by atoms with Crippen molar-refractivity contribution < 1.29 is 10.2 Å². The molecule has 2 heteroatoms. The quantitative estimate of drug-likeness (QED) is 0.805. The van der Waals surface area contributed by atoms with Gasteiger partial charge in [-0.15, -0.1) is 0 Å². The summed E-state index contributed by atoms with van der Waals surface area (Å²) in [4.78, 5) is 0. The fourth-order valence-electron chi connectivity index (χ4n) is 2.13. The molecule has 0 heterocycles. The van der Waals surface area contributed by atoms with Crippen LogP contribution in [0.5, 0.6) is 11.5 Å². The number of phenols is 2. The van der Waals surface area contributed by atoms with Crippen LogP contribution in [0.3, 0.4) is 0 Å². The van der Waals surface area contributed by atoms with Crippen LogP contribution in [0.2, 0.25) is 0 Å². The summed E-state index contributed by atoms with van der Waals surface area (Å²) in [5.74, 6) is 0.982. The van der Waals surface area contributed by atoms with Crippen molar-refractivity contribution in [2.45, 2.75) is 32.6 Å². The highest BCUT2D eigenvalue weighted by atomic mass is 16.3. The minimum absolute atomic E-state index is 0.184. The fraction of sp³-hybridized carbons (Fsp3) is 0.294. The Bertz CT molecular complexity index is 544. The zero-order valence-electron chi connectivity index (χ0n) is 11.4. The van der Waals surface area contributed by atoms with Gasteiger partial charge in [0.2, 0.25) is 0 Å². The Hall–Kier alpha value is -1.96. The third-order valence-corrected chi connectivity index (χ3v) is 3.62. The largest absolute Gasteiger partial charge is 0.508 e. The summed E-state index contributed by atoms with van der Waals surface area (Å²) >= 11 is 0. The lowest BCUT2D eigenvalue weighted by atomic mass is 9.96. The fourth-order valence-corrected chi connectivity index (χ4v) is 2.13. The highest BCUT2D eigenvalue weighted by molar-refractivity contribution is 5.42. The summed E-state index contributed by atoms with van der Waals surface area (Å²) in [5, 5.41) is 19.2. The van der Waals surface area contributed by atoms with Crippen molar-refractivity contribution in [1.82, 2.24) is 0 Å². The predicted octanol–water partition coefficient (Wildman–Crippen LogP) is 4.20. The monoisotopic (exact) mass is 256 g/mol. The third kappa shape index (κ3) is 3.28. The van der Waals surface area contributed by atoms with Gasteiger partial charge in [0.25, 0.3) is 0 Å². The van der Waals surface area contributed by atoms with Gasteiger partial charge in [0, 0.05) is 12.0 Å². The lowest BCUT2D eigenvalue weighted by molar-refractivity contribution is 0.455. The van der Waals surface area contributed by atoms with Crippen LogP contribution in [-0.4, -0.2) is 10.2 Å². The highest BCUT2D eigenvalue weighted by Gasteiger charge is 2.06. The Balaban J connectivity index is 2.17. The van der Waals surface area contributed by atoms with Gasteiger partial charge in [-0.2, -0.15) is 0 Å². The molecule has 2 aromatic rings. The van der Waals surface area contributed by atoms with Crippen LogP contribution in [0, 0.1) is 0 Å². The van der Waals surface area contributed by atoms with Crippen molar-refractivity contribution >= 4 is 0 Å². The molecule has 0 fully saturated rings. The van der Waals surface area contributed by atoms with E-state index in [1.807, 2.05) is 0 Å². The maximum atomic E-state index is 9.77. The van der Waals surface area contributed by atoms with E-state index in [1.165, 1.54) is 17.7 Å². The van der Waals surface area contributed by atoms with Crippen molar-refractivity contribution in [1.29, 1.82) is 0 Å². The molecule has 0 aromatic heterocycles. The first-order valence-corrected chi connectivity index (χ1v) is 6.70. The first-order valence-electron chi connectivity index (χ1n) is 6.70. The van der Waals surface area contributed by atoms with Gasteiger partial charge in [-0.3, -0.25) is 0 Å². The standard InChI is InChI=1S/C17H20O2/c1-3-12(2)14-6-4-13(5-7-14)10-15-11-16(18)8-9-17(15)19/h4-9,11-12,18-19H,3,10H2,1-2H3. The smallest absolute Gasteiger partial charge is 0.119 e. The van der Waals surface area contributed by atoms with Gasteiger partial charge in [-0.05, 0) is 41.7 Å². The Morgan fingerprint density at radius 2 is 1.68 bits per heavy atom. The molecule has 0 saturated heterocycles. The lowest BCUT2D eigenvalue weighted by Crippen LogP contribution is -1.93. The van der Waals surface area contributed by atoms with Crippen LogP contribution in [0.1, 0.15) is 42.9 Å². The van der Waals surface area contributed by atoms with E-state index < -0.39 is 0 Å². The molecule has 0 spiro atoms. The van der Waals surface area contributed by atoms with Gasteiger partial charge < -0.3 is 10.2 Å². The van der Waals surface area contributed by atoms with Crippen LogP contribution >= 0.6 is 0 Å². The number of hydrogen-bond donors (Lipinski definition) is 2. The lowest BCUT2D eigenvalue weighted by Gasteiger charge is -2.10. The van der Waals surface area contributed by atoms with Crippen molar-refractivity contribution in [3.05, 3.63) is 59.2 Å². The van der Waals surface area contributed by atoms with Crippen molar-refractivity contribution in [2.24, 2.45) is 0 Å². The second-order valence-corrected chi connectivity index (χ2v) is 5.04. The third-order valence-electron chi connectivity index (χ3n) is 3.62. The van der Waals surface area contributed by atoms with E-state index >= 15 is 0 Å². The summed E-state index contributed by atoms with van der Waals surface area (Å²) in [6.07, 6.45) is 1.76. The number of rotatable bonds is 4. The maximum Gasteiger partial charge on any atom is 0.119 e. The summed E-state index contributed by atoms with van der Waals surface area (Å²) in [6.45, 7) is 4.40. The average molecular weight is 256 g/mol. The Kier molecular flexibility index (Phi) is 4.10. The second kappa shape index (κ2) is 5.79. The van der Waals surface area contributed by atoms with Gasteiger partial charge >= 0.3 is 0 Å². The zero-order valence-corrected chi connectivity index (χ0v) is 11.4. The van der Waals surface area contributed by atoms with Crippen molar-refractivity contribution in [3.8, 4) is 11.5 Å². The first-order chi connectivity index (χ1) is 9.10. The Morgan fingerprint density at radius 3 is 2.32 bits per heavy atom. The van der Waals surface area contributed by atoms with Crippen molar-refractivity contribution in [2.75, 3.05) is 0 Å². The SMILES string of the molecule is CCC(C)c1ccc(Cc2cc(O)ccc2O)cc1. The minimum atomic E-state index is 0.184. The molecule has 2 rings (SSSR count). The van der Waals surface area contributed by atoms with Crippen LogP contribution in [0.25, 0.3) is 0 Å². The highest BCUT2D eigenvalue weighted by Crippen LogP contribution is 2.25. The van der Waals surface area contributed by atoms with E-state index in [0.29, 0.717) is 12.3 Å². The summed E-state index contributed by atoms with van der Waals surface area (Å²) in [7, 11) is 0. The van der Waals surface area contributed by atoms with Crippen molar-refractivity contribution in [3.63, 3.8) is 0 Å².